The molecule has 24 heavy (non-hydrogen) atoms. The molecule has 0 aliphatic heterocycles. The predicted octanol–water partition coefficient (Wildman–Crippen LogP) is 2.53. The largest absolute Gasteiger partial charge is 0.465 e. The number of esters is 1. The number of nitrogens with one attached hydrogen (secondary N) is 3. The summed E-state index contributed by atoms with van der Waals surface area (Å²) in [5.41, 5.74) is 8.06. The number of carbonyl (C=O) groups is 1. The molecule has 2 rings (SSSR count). The van der Waals surface area contributed by atoms with Crippen LogP contribution in [0.3, 0.4) is 0 Å². The van der Waals surface area contributed by atoms with Gasteiger partial charge in [0.05, 0.1) is 13.2 Å². The molecule has 1 fully saturated rings. The molecule has 5 N–H and O–H groups in total. The van der Waals surface area contributed by atoms with E-state index in [0.717, 1.165) is 18.5 Å². The summed E-state index contributed by atoms with van der Waals surface area (Å²) >= 11 is 0. The van der Waals surface area contributed by atoms with Gasteiger partial charge in [0, 0.05) is 35.2 Å². The van der Waals surface area contributed by atoms with Gasteiger partial charge in [-0.1, -0.05) is 19.3 Å². The molecule has 1 saturated carbocycles. The highest BCUT2D eigenvalue weighted by molar-refractivity contribution is 5.86. The number of nitrogens with two attached hydrogens (primary N) is 1. The number of carbonyl (C=O) groups excluding carboxylic acids is 1. The molecule has 132 valence electrons. The molecule has 0 unspecified atom stereocenters. The van der Waals surface area contributed by atoms with Crippen molar-refractivity contribution < 1.29 is 9.53 Å². The van der Waals surface area contributed by atoms with Crippen molar-refractivity contribution in [2.45, 2.75) is 44.6 Å². The van der Waals surface area contributed by atoms with Crippen LogP contribution in [0.2, 0.25) is 0 Å². The van der Waals surface area contributed by atoms with Crippen molar-refractivity contribution in [2.75, 3.05) is 30.7 Å². The Hall–Kier alpha value is -2.08. The van der Waals surface area contributed by atoms with Gasteiger partial charge in [0.1, 0.15) is 0 Å². The normalized spacial score (nSPS) is 16.4. The Kier molecular flexibility index (Phi) is 6.61. The average molecular weight is 332 g/mol. The number of hydrogen-bond donors (Lipinski definition) is 4. The van der Waals surface area contributed by atoms with Crippen LogP contribution in [-0.2, 0) is 9.53 Å². The van der Waals surface area contributed by atoms with Gasteiger partial charge >= 0.3 is 5.97 Å². The molecule has 1 aromatic carbocycles. The third-order valence-corrected chi connectivity index (χ3v) is 4.50. The SMILES string of the molecule is CCOC(=O)CNCC1(Nc2ccc(N)c(C=N)c2)CCCCC1. The Balaban J connectivity index is 2.04. The highest BCUT2D eigenvalue weighted by Crippen LogP contribution is 2.32. The summed E-state index contributed by atoms with van der Waals surface area (Å²) in [6.07, 6.45) is 6.95. The second-order valence-corrected chi connectivity index (χ2v) is 6.36. The van der Waals surface area contributed by atoms with E-state index in [4.69, 9.17) is 15.9 Å². The fraction of sp³-hybridized carbons (Fsp3) is 0.556. The number of anilines is 2. The van der Waals surface area contributed by atoms with Crippen LogP contribution in [0.25, 0.3) is 0 Å². The minimum atomic E-state index is -0.220. The van der Waals surface area contributed by atoms with Crippen LogP contribution in [0.5, 0.6) is 0 Å². The Morgan fingerprint density at radius 1 is 1.38 bits per heavy atom. The van der Waals surface area contributed by atoms with E-state index < -0.39 is 0 Å². The minimum Gasteiger partial charge on any atom is -0.465 e. The maximum atomic E-state index is 11.5. The Bertz CT molecular complexity index is 568. The van der Waals surface area contributed by atoms with Crippen molar-refractivity contribution in [1.29, 1.82) is 5.41 Å². The van der Waals surface area contributed by atoms with E-state index in [1.165, 1.54) is 25.5 Å². The van der Waals surface area contributed by atoms with Gasteiger partial charge in [0.25, 0.3) is 0 Å². The number of rotatable bonds is 8. The number of hydrogen-bond acceptors (Lipinski definition) is 6. The summed E-state index contributed by atoms with van der Waals surface area (Å²) in [7, 11) is 0. The molecule has 6 heteroatoms. The molecule has 0 spiro atoms. The first-order valence-electron chi connectivity index (χ1n) is 8.63. The van der Waals surface area contributed by atoms with Crippen LogP contribution >= 0.6 is 0 Å². The molecular formula is C18H28N4O2. The van der Waals surface area contributed by atoms with Gasteiger partial charge in [-0.2, -0.15) is 0 Å². The van der Waals surface area contributed by atoms with Gasteiger partial charge < -0.3 is 26.5 Å². The minimum absolute atomic E-state index is 0.0832. The summed E-state index contributed by atoms with van der Waals surface area (Å²) < 4.78 is 4.97. The van der Waals surface area contributed by atoms with Gasteiger partial charge in [-0.25, -0.2) is 0 Å². The molecule has 0 saturated heterocycles. The zero-order chi connectivity index (χ0) is 17.4. The first-order chi connectivity index (χ1) is 11.6. The molecule has 0 aromatic heterocycles. The van der Waals surface area contributed by atoms with Crippen molar-refractivity contribution in [2.24, 2.45) is 0 Å². The zero-order valence-electron chi connectivity index (χ0n) is 14.4. The van der Waals surface area contributed by atoms with Crippen LogP contribution in [0, 0.1) is 5.41 Å². The Morgan fingerprint density at radius 3 is 2.79 bits per heavy atom. The summed E-state index contributed by atoms with van der Waals surface area (Å²) in [6.45, 7) is 3.15. The highest BCUT2D eigenvalue weighted by atomic mass is 16.5. The summed E-state index contributed by atoms with van der Waals surface area (Å²) in [5.74, 6) is -0.220. The standard InChI is InChI=1S/C18H28N4O2/c1-2-24-17(23)12-21-13-18(8-4-3-5-9-18)22-15-6-7-16(20)14(10-15)11-19/h6-7,10-11,19,21-22H,2-5,8-9,12-13,20H2,1H3. The molecule has 0 radical (unpaired) electrons. The first kappa shape index (κ1) is 18.3. The smallest absolute Gasteiger partial charge is 0.319 e. The maximum absolute atomic E-state index is 11.5. The Labute approximate surface area is 143 Å². The number of ether oxygens (including phenoxy) is 1. The van der Waals surface area contributed by atoms with Gasteiger partial charge in [-0.15, -0.1) is 0 Å². The fourth-order valence-corrected chi connectivity index (χ4v) is 3.27. The third-order valence-electron chi connectivity index (χ3n) is 4.50. The third kappa shape index (κ3) is 4.96. The molecule has 0 amide bonds. The summed E-state index contributed by atoms with van der Waals surface area (Å²) in [4.78, 5) is 11.5. The van der Waals surface area contributed by atoms with E-state index in [1.54, 1.807) is 0 Å². The summed E-state index contributed by atoms with van der Waals surface area (Å²) in [5, 5.41) is 14.3. The molecule has 1 aliphatic carbocycles. The quantitative estimate of drug-likeness (QED) is 0.333. The lowest BCUT2D eigenvalue weighted by atomic mass is 9.81. The fourth-order valence-electron chi connectivity index (χ4n) is 3.27. The van der Waals surface area contributed by atoms with E-state index in [2.05, 4.69) is 10.6 Å². The van der Waals surface area contributed by atoms with E-state index in [-0.39, 0.29) is 18.1 Å². The summed E-state index contributed by atoms with van der Waals surface area (Å²) in [6, 6.07) is 5.68. The lowest BCUT2D eigenvalue weighted by Gasteiger charge is -2.39. The molecule has 0 bridgehead atoms. The van der Waals surface area contributed by atoms with Crippen molar-refractivity contribution in [1.82, 2.24) is 5.32 Å². The van der Waals surface area contributed by atoms with Crippen molar-refractivity contribution in [3.05, 3.63) is 23.8 Å². The molecule has 0 atom stereocenters. The number of benzene rings is 1. The van der Waals surface area contributed by atoms with Crippen LogP contribution in [0.1, 0.15) is 44.6 Å². The zero-order valence-corrected chi connectivity index (χ0v) is 14.4. The molecule has 0 heterocycles. The van der Waals surface area contributed by atoms with Crippen molar-refractivity contribution in [3.63, 3.8) is 0 Å². The molecule has 1 aromatic rings. The van der Waals surface area contributed by atoms with Gasteiger partial charge in [0.15, 0.2) is 0 Å². The first-order valence-corrected chi connectivity index (χ1v) is 8.63. The average Bonchev–Trinajstić information content (AvgIpc) is 2.58. The van der Waals surface area contributed by atoms with Gasteiger partial charge in [0.2, 0.25) is 0 Å². The van der Waals surface area contributed by atoms with Crippen molar-refractivity contribution in [3.8, 4) is 0 Å². The Morgan fingerprint density at radius 2 is 2.12 bits per heavy atom. The van der Waals surface area contributed by atoms with Crippen LogP contribution < -0.4 is 16.4 Å². The predicted molar refractivity (Wildman–Crippen MR) is 97.7 cm³/mol. The van der Waals surface area contributed by atoms with E-state index in [9.17, 15) is 4.79 Å². The number of nitrogen functional groups attached to an aromatic ring is 1. The van der Waals surface area contributed by atoms with E-state index >= 15 is 0 Å². The molecule has 1 aliphatic rings. The van der Waals surface area contributed by atoms with Crippen LogP contribution in [0.4, 0.5) is 11.4 Å². The van der Waals surface area contributed by atoms with E-state index in [0.29, 0.717) is 24.4 Å². The molecule has 6 nitrogen and oxygen atoms in total. The topological polar surface area (TPSA) is 100 Å². The lowest BCUT2D eigenvalue weighted by molar-refractivity contribution is -0.142. The second-order valence-electron chi connectivity index (χ2n) is 6.36. The highest BCUT2D eigenvalue weighted by Gasteiger charge is 2.31. The van der Waals surface area contributed by atoms with Crippen LogP contribution in [0.15, 0.2) is 18.2 Å². The van der Waals surface area contributed by atoms with Gasteiger partial charge in [-0.3, -0.25) is 4.79 Å². The second kappa shape index (κ2) is 8.68. The van der Waals surface area contributed by atoms with E-state index in [1.807, 2.05) is 25.1 Å². The van der Waals surface area contributed by atoms with Crippen molar-refractivity contribution >= 4 is 23.6 Å². The maximum Gasteiger partial charge on any atom is 0.319 e. The molecular weight excluding hydrogens is 304 g/mol. The van der Waals surface area contributed by atoms with Gasteiger partial charge in [-0.05, 0) is 38.0 Å². The monoisotopic (exact) mass is 332 g/mol. The van der Waals surface area contributed by atoms with Crippen LogP contribution in [-0.4, -0.2) is 37.4 Å². The lowest BCUT2D eigenvalue weighted by Crippen LogP contribution is -2.49.